The SMILES string of the molecule is N#C/C(=C/N(Cc1ccccc1)Cc1ccccc1)C(=O)Nc1ccc(N)cc1. The number of nitrogens with one attached hydrogen (secondary N) is 1. The number of nitrogens with two attached hydrogens (primary N) is 1. The molecule has 0 fully saturated rings. The van der Waals surface area contributed by atoms with Crippen molar-refractivity contribution in [3.63, 3.8) is 0 Å². The van der Waals surface area contributed by atoms with Crippen molar-refractivity contribution in [3.05, 3.63) is 108 Å². The van der Waals surface area contributed by atoms with Crippen LogP contribution in [-0.4, -0.2) is 10.8 Å². The monoisotopic (exact) mass is 382 g/mol. The van der Waals surface area contributed by atoms with Crippen molar-refractivity contribution in [2.45, 2.75) is 13.1 Å². The van der Waals surface area contributed by atoms with Crippen LogP contribution >= 0.6 is 0 Å². The lowest BCUT2D eigenvalue weighted by atomic mass is 10.1. The van der Waals surface area contributed by atoms with Gasteiger partial charge in [0.25, 0.3) is 5.91 Å². The Morgan fingerprint density at radius 2 is 1.41 bits per heavy atom. The van der Waals surface area contributed by atoms with Gasteiger partial charge < -0.3 is 16.0 Å². The topological polar surface area (TPSA) is 82.2 Å². The minimum atomic E-state index is -0.455. The minimum Gasteiger partial charge on any atom is -0.399 e. The molecule has 5 nitrogen and oxygen atoms in total. The van der Waals surface area contributed by atoms with Crippen molar-refractivity contribution in [1.82, 2.24) is 4.90 Å². The molecule has 3 rings (SSSR count). The lowest BCUT2D eigenvalue weighted by Crippen LogP contribution is -2.21. The highest BCUT2D eigenvalue weighted by Gasteiger charge is 2.13. The molecule has 0 spiro atoms. The van der Waals surface area contributed by atoms with Crippen molar-refractivity contribution >= 4 is 17.3 Å². The first kappa shape index (κ1) is 19.7. The highest BCUT2D eigenvalue weighted by atomic mass is 16.1. The van der Waals surface area contributed by atoms with Gasteiger partial charge in [-0.2, -0.15) is 5.26 Å². The minimum absolute atomic E-state index is 0.0358. The molecule has 5 heteroatoms. The molecule has 0 aliphatic carbocycles. The molecular weight excluding hydrogens is 360 g/mol. The maximum Gasteiger partial charge on any atom is 0.267 e. The molecule has 0 bridgehead atoms. The molecule has 0 aliphatic rings. The number of carbonyl (C=O) groups is 1. The van der Waals surface area contributed by atoms with Gasteiger partial charge in [-0.15, -0.1) is 0 Å². The lowest BCUT2D eigenvalue weighted by molar-refractivity contribution is -0.112. The molecule has 3 N–H and O–H groups in total. The Morgan fingerprint density at radius 3 is 1.90 bits per heavy atom. The van der Waals surface area contributed by atoms with Crippen LogP contribution < -0.4 is 11.1 Å². The maximum atomic E-state index is 12.6. The predicted octanol–water partition coefficient (Wildman–Crippen LogP) is 4.32. The van der Waals surface area contributed by atoms with Gasteiger partial charge in [0.2, 0.25) is 0 Å². The number of hydrogen-bond donors (Lipinski definition) is 2. The largest absolute Gasteiger partial charge is 0.399 e. The number of anilines is 2. The smallest absolute Gasteiger partial charge is 0.267 e. The van der Waals surface area contributed by atoms with Gasteiger partial charge in [0, 0.05) is 30.7 Å². The fourth-order valence-electron chi connectivity index (χ4n) is 2.87. The zero-order chi connectivity index (χ0) is 20.5. The highest BCUT2D eigenvalue weighted by Crippen LogP contribution is 2.15. The number of nitriles is 1. The third kappa shape index (κ3) is 5.98. The van der Waals surface area contributed by atoms with Crippen LogP contribution in [0.5, 0.6) is 0 Å². The third-order valence-electron chi connectivity index (χ3n) is 4.30. The summed E-state index contributed by atoms with van der Waals surface area (Å²) in [5, 5.41) is 12.3. The van der Waals surface area contributed by atoms with Gasteiger partial charge in [0.1, 0.15) is 11.6 Å². The van der Waals surface area contributed by atoms with Crippen LogP contribution in [0.3, 0.4) is 0 Å². The lowest BCUT2D eigenvalue weighted by Gasteiger charge is -2.21. The molecule has 3 aromatic rings. The van der Waals surface area contributed by atoms with E-state index < -0.39 is 5.91 Å². The third-order valence-corrected chi connectivity index (χ3v) is 4.30. The van der Waals surface area contributed by atoms with Gasteiger partial charge in [-0.05, 0) is 35.4 Å². The van der Waals surface area contributed by atoms with E-state index in [9.17, 15) is 10.1 Å². The summed E-state index contributed by atoms with van der Waals surface area (Å²) >= 11 is 0. The molecule has 0 heterocycles. The normalized spacial score (nSPS) is 10.8. The van der Waals surface area contributed by atoms with E-state index >= 15 is 0 Å². The van der Waals surface area contributed by atoms with E-state index in [1.807, 2.05) is 71.6 Å². The van der Waals surface area contributed by atoms with E-state index in [1.165, 1.54) is 0 Å². The second kappa shape index (κ2) is 9.77. The van der Waals surface area contributed by atoms with E-state index in [0.717, 1.165) is 11.1 Å². The van der Waals surface area contributed by atoms with Gasteiger partial charge in [-0.1, -0.05) is 60.7 Å². The van der Waals surface area contributed by atoms with Gasteiger partial charge >= 0.3 is 0 Å². The van der Waals surface area contributed by atoms with Crippen LogP contribution in [0.15, 0.2) is 96.7 Å². The first-order valence-corrected chi connectivity index (χ1v) is 9.25. The molecule has 0 saturated carbocycles. The summed E-state index contributed by atoms with van der Waals surface area (Å²) in [6.45, 7) is 1.16. The van der Waals surface area contributed by atoms with Crippen LogP contribution in [0, 0.1) is 11.3 Å². The number of hydrogen-bond acceptors (Lipinski definition) is 4. The average molecular weight is 382 g/mol. The molecule has 0 aromatic heterocycles. The van der Waals surface area contributed by atoms with Crippen LogP contribution in [0.4, 0.5) is 11.4 Å². The average Bonchev–Trinajstić information content (AvgIpc) is 2.75. The number of amides is 1. The molecule has 0 atom stereocenters. The van der Waals surface area contributed by atoms with E-state index in [1.54, 1.807) is 30.5 Å². The maximum absolute atomic E-state index is 12.6. The molecule has 29 heavy (non-hydrogen) atoms. The summed E-state index contributed by atoms with van der Waals surface area (Å²) < 4.78 is 0. The second-order valence-corrected chi connectivity index (χ2v) is 6.61. The molecule has 3 aromatic carbocycles. The first-order valence-electron chi connectivity index (χ1n) is 9.25. The Bertz CT molecular complexity index is 965. The molecule has 0 aliphatic heterocycles. The van der Waals surface area contributed by atoms with E-state index in [-0.39, 0.29) is 5.57 Å². The molecule has 0 unspecified atom stereocenters. The summed E-state index contributed by atoms with van der Waals surface area (Å²) in [5.41, 5.74) is 9.09. The zero-order valence-corrected chi connectivity index (χ0v) is 16.0. The van der Waals surface area contributed by atoms with Gasteiger partial charge in [0.15, 0.2) is 0 Å². The molecular formula is C24H22N4O. The molecule has 1 amide bonds. The number of carbonyl (C=O) groups excluding carboxylic acids is 1. The van der Waals surface area contributed by atoms with Crippen LogP contribution in [-0.2, 0) is 17.9 Å². The number of nitrogen functional groups attached to an aromatic ring is 1. The number of benzene rings is 3. The Morgan fingerprint density at radius 1 is 0.897 bits per heavy atom. The van der Waals surface area contributed by atoms with Crippen molar-refractivity contribution < 1.29 is 4.79 Å². The number of rotatable bonds is 7. The molecule has 144 valence electrons. The van der Waals surface area contributed by atoms with Crippen molar-refractivity contribution in [2.24, 2.45) is 0 Å². The van der Waals surface area contributed by atoms with Crippen LogP contribution in [0.2, 0.25) is 0 Å². The fraction of sp³-hybridized carbons (Fsp3) is 0.0833. The quantitative estimate of drug-likeness (QED) is 0.362. The van der Waals surface area contributed by atoms with Crippen molar-refractivity contribution in [1.29, 1.82) is 5.26 Å². The van der Waals surface area contributed by atoms with Gasteiger partial charge in [0.05, 0.1) is 0 Å². The summed E-state index contributed by atoms with van der Waals surface area (Å²) in [5.74, 6) is -0.455. The standard InChI is InChI=1S/C24H22N4O/c25-15-21(24(29)27-23-13-11-22(26)12-14-23)18-28(16-19-7-3-1-4-8-19)17-20-9-5-2-6-10-20/h1-14,18H,16-17,26H2,(H,27,29)/b21-18-. The van der Waals surface area contributed by atoms with E-state index in [0.29, 0.717) is 24.5 Å². The Balaban J connectivity index is 1.81. The van der Waals surface area contributed by atoms with Crippen molar-refractivity contribution in [2.75, 3.05) is 11.1 Å². The Kier molecular flexibility index (Phi) is 6.64. The van der Waals surface area contributed by atoms with Gasteiger partial charge in [-0.25, -0.2) is 0 Å². The Labute approximate surface area is 170 Å². The Hall–Kier alpha value is -4.04. The molecule has 0 radical (unpaired) electrons. The first-order chi connectivity index (χ1) is 14.1. The summed E-state index contributed by atoms with van der Waals surface area (Å²) in [4.78, 5) is 14.6. The molecule has 0 saturated heterocycles. The van der Waals surface area contributed by atoms with Crippen LogP contribution in [0.25, 0.3) is 0 Å². The highest BCUT2D eigenvalue weighted by molar-refractivity contribution is 6.06. The van der Waals surface area contributed by atoms with E-state index in [2.05, 4.69) is 5.32 Å². The summed E-state index contributed by atoms with van der Waals surface area (Å²) in [6, 6.07) is 28.7. The summed E-state index contributed by atoms with van der Waals surface area (Å²) in [6.07, 6.45) is 1.62. The van der Waals surface area contributed by atoms with Crippen molar-refractivity contribution in [3.8, 4) is 6.07 Å². The number of nitrogens with zero attached hydrogens (tertiary/aromatic N) is 2. The predicted molar refractivity (Wildman–Crippen MR) is 115 cm³/mol. The van der Waals surface area contributed by atoms with E-state index in [4.69, 9.17) is 5.73 Å². The fourth-order valence-corrected chi connectivity index (χ4v) is 2.87. The summed E-state index contributed by atoms with van der Waals surface area (Å²) in [7, 11) is 0. The van der Waals surface area contributed by atoms with Crippen LogP contribution in [0.1, 0.15) is 11.1 Å². The zero-order valence-electron chi connectivity index (χ0n) is 16.0. The van der Waals surface area contributed by atoms with Gasteiger partial charge in [-0.3, -0.25) is 4.79 Å². The second-order valence-electron chi connectivity index (χ2n) is 6.61.